The van der Waals surface area contributed by atoms with E-state index in [1.54, 1.807) is 0 Å². The third-order valence-electron chi connectivity index (χ3n) is 2.86. The van der Waals surface area contributed by atoms with Gasteiger partial charge in [0.15, 0.2) is 6.10 Å². The van der Waals surface area contributed by atoms with Crippen molar-refractivity contribution in [2.75, 3.05) is 0 Å². The molecule has 0 N–H and O–H groups in total. The second-order valence-electron chi connectivity index (χ2n) is 4.43. The molecule has 0 radical (unpaired) electrons. The van der Waals surface area contributed by atoms with Crippen LogP contribution in [0.3, 0.4) is 0 Å². The summed E-state index contributed by atoms with van der Waals surface area (Å²) in [5, 5.41) is 0. The molecule has 1 atom stereocenters. The Morgan fingerprint density at radius 1 is 0.857 bits per heavy atom. The Labute approximate surface area is 120 Å². The number of halogens is 2. The van der Waals surface area contributed by atoms with E-state index in [1.807, 2.05) is 0 Å². The fourth-order valence-corrected chi connectivity index (χ4v) is 1.72. The molecule has 5 heteroatoms. The van der Waals surface area contributed by atoms with E-state index in [1.165, 1.54) is 31.2 Å². The molecule has 21 heavy (non-hydrogen) atoms. The second kappa shape index (κ2) is 6.26. The van der Waals surface area contributed by atoms with Crippen molar-refractivity contribution in [3.63, 3.8) is 0 Å². The maximum atomic E-state index is 12.8. The summed E-state index contributed by atoms with van der Waals surface area (Å²) in [5.41, 5.74) is 0.394. The maximum absolute atomic E-state index is 12.8. The van der Waals surface area contributed by atoms with Gasteiger partial charge >= 0.3 is 5.97 Å². The molecule has 0 bridgehead atoms. The Morgan fingerprint density at radius 2 is 1.29 bits per heavy atom. The first-order valence-corrected chi connectivity index (χ1v) is 6.23. The van der Waals surface area contributed by atoms with E-state index in [2.05, 4.69) is 0 Å². The third-order valence-corrected chi connectivity index (χ3v) is 2.86. The number of esters is 1. The van der Waals surface area contributed by atoms with Crippen molar-refractivity contribution in [1.29, 1.82) is 0 Å². The maximum Gasteiger partial charge on any atom is 0.338 e. The topological polar surface area (TPSA) is 43.4 Å². The van der Waals surface area contributed by atoms with Gasteiger partial charge in [-0.05, 0) is 55.5 Å². The van der Waals surface area contributed by atoms with E-state index in [-0.39, 0.29) is 11.1 Å². The number of Topliss-reactive ketones (excluding diaryl/α,β-unsaturated/α-hetero) is 1. The van der Waals surface area contributed by atoms with Crippen LogP contribution in [-0.4, -0.2) is 17.9 Å². The van der Waals surface area contributed by atoms with Gasteiger partial charge in [0.25, 0.3) is 0 Å². The van der Waals surface area contributed by atoms with Gasteiger partial charge in [-0.15, -0.1) is 0 Å². The van der Waals surface area contributed by atoms with Gasteiger partial charge in [-0.2, -0.15) is 0 Å². The summed E-state index contributed by atoms with van der Waals surface area (Å²) in [6.07, 6.45) is -1.02. The minimum atomic E-state index is -1.02. The normalized spacial score (nSPS) is 11.8. The quantitative estimate of drug-likeness (QED) is 0.640. The van der Waals surface area contributed by atoms with Gasteiger partial charge in [0.2, 0.25) is 5.78 Å². The number of hydrogen-bond donors (Lipinski definition) is 0. The minimum absolute atomic E-state index is 0.148. The summed E-state index contributed by atoms with van der Waals surface area (Å²) in [6.45, 7) is 1.42. The summed E-state index contributed by atoms with van der Waals surface area (Å²) >= 11 is 0. The van der Waals surface area contributed by atoms with E-state index in [0.717, 1.165) is 24.3 Å². The molecule has 0 spiro atoms. The molecule has 3 nitrogen and oxygen atoms in total. The Bertz CT molecular complexity index is 648. The van der Waals surface area contributed by atoms with Crippen molar-refractivity contribution in [3.8, 4) is 0 Å². The van der Waals surface area contributed by atoms with E-state index >= 15 is 0 Å². The molecular weight excluding hydrogens is 278 g/mol. The van der Waals surface area contributed by atoms with Gasteiger partial charge in [-0.25, -0.2) is 13.6 Å². The Balaban J connectivity index is 2.05. The first kappa shape index (κ1) is 14.8. The lowest BCUT2D eigenvalue weighted by molar-refractivity contribution is 0.0318. The molecule has 2 aromatic rings. The van der Waals surface area contributed by atoms with Crippen LogP contribution in [0.2, 0.25) is 0 Å². The summed E-state index contributed by atoms with van der Waals surface area (Å²) in [4.78, 5) is 23.8. The molecule has 2 aromatic carbocycles. The van der Waals surface area contributed by atoms with E-state index in [0.29, 0.717) is 0 Å². The summed E-state index contributed by atoms with van der Waals surface area (Å²) in [6, 6.07) is 9.74. The zero-order valence-corrected chi connectivity index (χ0v) is 11.2. The smallest absolute Gasteiger partial charge is 0.338 e. The fourth-order valence-electron chi connectivity index (χ4n) is 1.72. The van der Waals surface area contributed by atoms with Gasteiger partial charge in [0, 0.05) is 5.56 Å². The van der Waals surface area contributed by atoms with Crippen LogP contribution in [0.15, 0.2) is 48.5 Å². The zero-order chi connectivity index (χ0) is 15.4. The number of carbonyl (C=O) groups excluding carboxylic acids is 2. The molecule has 2 rings (SSSR count). The molecule has 0 amide bonds. The summed E-state index contributed by atoms with van der Waals surface area (Å²) in [7, 11) is 0. The molecule has 0 unspecified atom stereocenters. The SMILES string of the molecule is C[C@@H](OC(=O)c1ccc(F)cc1)C(=O)c1ccc(F)cc1. The zero-order valence-electron chi connectivity index (χ0n) is 11.2. The number of rotatable bonds is 4. The third kappa shape index (κ3) is 3.72. The van der Waals surface area contributed by atoms with Crippen LogP contribution in [0.25, 0.3) is 0 Å². The average molecular weight is 290 g/mol. The highest BCUT2D eigenvalue weighted by atomic mass is 19.1. The van der Waals surface area contributed by atoms with Crippen LogP contribution in [0.1, 0.15) is 27.6 Å². The van der Waals surface area contributed by atoms with Crippen LogP contribution in [0.4, 0.5) is 8.78 Å². The second-order valence-corrected chi connectivity index (χ2v) is 4.43. The van der Waals surface area contributed by atoms with Gasteiger partial charge in [0.1, 0.15) is 11.6 Å². The van der Waals surface area contributed by atoms with Gasteiger partial charge in [0.05, 0.1) is 5.56 Å². The van der Waals surface area contributed by atoms with Crippen molar-refractivity contribution in [2.24, 2.45) is 0 Å². The van der Waals surface area contributed by atoms with Gasteiger partial charge < -0.3 is 4.74 Å². The van der Waals surface area contributed by atoms with Gasteiger partial charge in [-0.1, -0.05) is 0 Å². The highest BCUT2D eigenvalue weighted by molar-refractivity contribution is 6.01. The largest absolute Gasteiger partial charge is 0.451 e. The lowest BCUT2D eigenvalue weighted by Crippen LogP contribution is -2.24. The Hall–Kier alpha value is -2.56. The molecule has 0 heterocycles. The standard InChI is InChI=1S/C16H12F2O3/c1-10(15(19)11-2-6-13(17)7-3-11)21-16(20)12-4-8-14(18)9-5-12/h2-10H,1H3/t10-/m1/s1. The van der Waals surface area contributed by atoms with Crippen LogP contribution >= 0.6 is 0 Å². The number of carbonyl (C=O) groups is 2. The lowest BCUT2D eigenvalue weighted by Gasteiger charge is -2.12. The first-order chi connectivity index (χ1) is 9.97. The molecule has 0 saturated carbocycles. The lowest BCUT2D eigenvalue weighted by atomic mass is 10.1. The average Bonchev–Trinajstić information content (AvgIpc) is 2.47. The van der Waals surface area contributed by atoms with Gasteiger partial charge in [-0.3, -0.25) is 4.79 Å². The highest BCUT2D eigenvalue weighted by Crippen LogP contribution is 2.11. The van der Waals surface area contributed by atoms with E-state index < -0.39 is 29.5 Å². The molecule has 0 aliphatic heterocycles. The fraction of sp³-hybridized carbons (Fsp3) is 0.125. The van der Waals surface area contributed by atoms with Crippen molar-refractivity contribution < 1.29 is 23.1 Å². The van der Waals surface area contributed by atoms with Crippen LogP contribution in [-0.2, 0) is 4.74 Å². The monoisotopic (exact) mass is 290 g/mol. The Morgan fingerprint density at radius 3 is 1.76 bits per heavy atom. The number of ketones is 1. The summed E-state index contributed by atoms with van der Waals surface area (Å²) < 4.78 is 30.6. The minimum Gasteiger partial charge on any atom is -0.451 e. The molecule has 108 valence electrons. The van der Waals surface area contributed by atoms with E-state index in [9.17, 15) is 18.4 Å². The van der Waals surface area contributed by atoms with Crippen molar-refractivity contribution in [2.45, 2.75) is 13.0 Å². The predicted octanol–water partition coefficient (Wildman–Crippen LogP) is 3.39. The van der Waals surface area contributed by atoms with Crippen LogP contribution in [0.5, 0.6) is 0 Å². The molecule has 0 saturated heterocycles. The highest BCUT2D eigenvalue weighted by Gasteiger charge is 2.20. The predicted molar refractivity (Wildman–Crippen MR) is 72.0 cm³/mol. The molecule has 0 aromatic heterocycles. The molecule has 0 fully saturated rings. The molecule has 0 aliphatic carbocycles. The van der Waals surface area contributed by atoms with Crippen LogP contribution < -0.4 is 0 Å². The number of benzene rings is 2. The Kier molecular flexibility index (Phi) is 4.42. The van der Waals surface area contributed by atoms with Crippen molar-refractivity contribution in [1.82, 2.24) is 0 Å². The van der Waals surface area contributed by atoms with Crippen LogP contribution in [0, 0.1) is 11.6 Å². The number of ether oxygens (including phenoxy) is 1. The molecular formula is C16H12F2O3. The van der Waals surface area contributed by atoms with Crippen molar-refractivity contribution in [3.05, 3.63) is 71.3 Å². The van der Waals surface area contributed by atoms with E-state index in [4.69, 9.17) is 4.74 Å². The van der Waals surface area contributed by atoms with Crippen molar-refractivity contribution >= 4 is 11.8 Å². The first-order valence-electron chi connectivity index (χ1n) is 6.23. The summed E-state index contributed by atoms with van der Waals surface area (Å²) in [5.74, 6) is -2.09. The number of hydrogen-bond acceptors (Lipinski definition) is 3. The molecule has 0 aliphatic rings.